The summed E-state index contributed by atoms with van der Waals surface area (Å²) < 4.78 is 1.62. The topological polar surface area (TPSA) is 84.2 Å². The van der Waals surface area contributed by atoms with Gasteiger partial charge in [0.15, 0.2) is 5.16 Å². The summed E-state index contributed by atoms with van der Waals surface area (Å²) in [7, 11) is 0. The SMILES string of the molecule is Cc1ccc(NC(=O)CSc2nc(O)cc(=O)n2C2CCCC2)cc1. The van der Waals surface area contributed by atoms with E-state index in [4.69, 9.17) is 0 Å². The van der Waals surface area contributed by atoms with Gasteiger partial charge in [0.25, 0.3) is 5.56 Å². The summed E-state index contributed by atoms with van der Waals surface area (Å²) >= 11 is 1.17. The third-order valence-corrected chi connectivity index (χ3v) is 5.22. The Morgan fingerprint density at radius 2 is 2.00 bits per heavy atom. The van der Waals surface area contributed by atoms with Crippen molar-refractivity contribution >= 4 is 23.4 Å². The highest BCUT2D eigenvalue weighted by atomic mass is 32.2. The molecule has 0 radical (unpaired) electrons. The highest BCUT2D eigenvalue weighted by molar-refractivity contribution is 7.99. The average Bonchev–Trinajstić information content (AvgIpc) is 3.08. The Morgan fingerprint density at radius 3 is 2.68 bits per heavy atom. The number of rotatable bonds is 5. The molecule has 3 rings (SSSR count). The molecule has 6 nitrogen and oxygen atoms in total. The second kappa shape index (κ2) is 7.74. The number of carbonyl (C=O) groups excluding carboxylic acids is 1. The number of nitrogens with zero attached hydrogens (tertiary/aromatic N) is 2. The maximum atomic E-state index is 12.3. The second-order valence-electron chi connectivity index (χ2n) is 6.25. The van der Waals surface area contributed by atoms with E-state index >= 15 is 0 Å². The fourth-order valence-electron chi connectivity index (χ4n) is 3.02. The lowest BCUT2D eigenvalue weighted by Gasteiger charge is -2.17. The van der Waals surface area contributed by atoms with Crippen molar-refractivity contribution in [3.63, 3.8) is 0 Å². The van der Waals surface area contributed by atoms with Crippen LogP contribution in [0.4, 0.5) is 5.69 Å². The highest BCUT2D eigenvalue weighted by Gasteiger charge is 2.22. The zero-order valence-corrected chi connectivity index (χ0v) is 14.9. The van der Waals surface area contributed by atoms with Crippen molar-refractivity contribution in [2.45, 2.75) is 43.8 Å². The van der Waals surface area contributed by atoms with Crippen molar-refractivity contribution in [2.24, 2.45) is 0 Å². The molecule has 0 atom stereocenters. The largest absolute Gasteiger partial charge is 0.493 e. The van der Waals surface area contributed by atoms with Gasteiger partial charge in [-0.1, -0.05) is 42.3 Å². The summed E-state index contributed by atoms with van der Waals surface area (Å²) in [5.41, 5.74) is 1.59. The summed E-state index contributed by atoms with van der Waals surface area (Å²) in [5.74, 6) is -0.360. The molecule has 1 fully saturated rings. The van der Waals surface area contributed by atoms with E-state index in [9.17, 15) is 14.7 Å². The van der Waals surface area contributed by atoms with Crippen LogP contribution in [0, 0.1) is 6.92 Å². The lowest BCUT2D eigenvalue weighted by molar-refractivity contribution is -0.113. The number of aryl methyl sites for hydroxylation is 1. The van der Waals surface area contributed by atoms with E-state index in [1.165, 1.54) is 11.8 Å². The summed E-state index contributed by atoms with van der Waals surface area (Å²) in [6.45, 7) is 1.98. The predicted molar refractivity (Wildman–Crippen MR) is 98.2 cm³/mol. The van der Waals surface area contributed by atoms with Crippen LogP contribution < -0.4 is 10.9 Å². The number of anilines is 1. The van der Waals surface area contributed by atoms with Crippen LogP contribution in [0.5, 0.6) is 5.88 Å². The number of thioether (sulfide) groups is 1. The number of amides is 1. The Hall–Kier alpha value is -2.28. The lowest BCUT2D eigenvalue weighted by atomic mass is 10.2. The molecule has 132 valence electrons. The molecule has 7 heteroatoms. The molecule has 25 heavy (non-hydrogen) atoms. The molecule has 1 amide bonds. The Kier molecular flexibility index (Phi) is 5.43. The minimum atomic E-state index is -0.305. The average molecular weight is 359 g/mol. The standard InChI is InChI=1S/C18H21N3O3S/c1-12-6-8-13(9-7-12)19-16(23)11-25-18-20-15(22)10-17(24)21(18)14-4-2-3-5-14/h6-10,14,22H,2-5,11H2,1H3,(H,19,23). The maximum Gasteiger partial charge on any atom is 0.258 e. The number of nitrogens with one attached hydrogen (secondary N) is 1. The molecule has 2 N–H and O–H groups in total. The maximum absolute atomic E-state index is 12.3. The third-order valence-electron chi connectivity index (χ3n) is 4.26. The van der Waals surface area contributed by atoms with E-state index in [-0.39, 0.29) is 29.1 Å². The first-order valence-corrected chi connectivity index (χ1v) is 9.33. The van der Waals surface area contributed by atoms with Crippen LogP contribution in [0.1, 0.15) is 37.3 Å². The Morgan fingerprint density at radius 1 is 1.32 bits per heavy atom. The van der Waals surface area contributed by atoms with Crippen molar-refractivity contribution in [1.82, 2.24) is 9.55 Å². The molecule has 1 aliphatic rings. The number of aromatic nitrogens is 2. The normalized spacial score (nSPS) is 14.6. The number of hydrogen-bond donors (Lipinski definition) is 2. The molecule has 0 bridgehead atoms. The van der Waals surface area contributed by atoms with Crippen molar-refractivity contribution in [3.8, 4) is 5.88 Å². The Balaban J connectivity index is 1.70. The van der Waals surface area contributed by atoms with Crippen LogP contribution in [-0.4, -0.2) is 26.3 Å². The number of carbonyl (C=O) groups is 1. The van der Waals surface area contributed by atoms with Crippen LogP contribution in [0.3, 0.4) is 0 Å². The van der Waals surface area contributed by atoms with Crippen LogP contribution in [0.25, 0.3) is 0 Å². The van der Waals surface area contributed by atoms with E-state index in [1.807, 2.05) is 31.2 Å². The van der Waals surface area contributed by atoms with Crippen LogP contribution in [0.15, 0.2) is 40.3 Å². The molecule has 0 spiro atoms. The van der Waals surface area contributed by atoms with Crippen molar-refractivity contribution in [2.75, 3.05) is 11.1 Å². The van der Waals surface area contributed by atoms with Crippen LogP contribution in [0.2, 0.25) is 0 Å². The van der Waals surface area contributed by atoms with Gasteiger partial charge in [0.1, 0.15) is 0 Å². The first-order chi connectivity index (χ1) is 12.0. The molecule has 1 saturated carbocycles. The molecular weight excluding hydrogens is 338 g/mol. The van der Waals surface area contributed by atoms with Gasteiger partial charge in [-0.3, -0.25) is 14.2 Å². The molecule has 0 aliphatic heterocycles. The molecule has 1 aromatic heterocycles. The smallest absolute Gasteiger partial charge is 0.258 e. The summed E-state index contributed by atoms with van der Waals surface area (Å²) in [6.07, 6.45) is 4.01. The molecule has 1 aromatic carbocycles. The van der Waals surface area contributed by atoms with Gasteiger partial charge in [-0.15, -0.1) is 0 Å². The Labute approximate surface area is 150 Å². The molecule has 1 aliphatic carbocycles. The fourth-order valence-corrected chi connectivity index (χ4v) is 3.89. The lowest BCUT2D eigenvalue weighted by Crippen LogP contribution is -2.26. The quantitative estimate of drug-likeness (QED) is 0.633. The minimum Gasteiger partial charge on any atom is -0.493 e. The van der Waals surface area contributed by atoms with E-state index in [2.05, 4.69) is 10.3 Å². The molecule has 2 aromatic rings. The van der Waals surface area contributed by atoms with Gasteiger partial charge in [0, 0.05) is 11.7 Å². The van der Waals surface area contributed by atoms with Gasteiger partial charge >= 0.3 is 0 Å². The van der Waals surface area contributed by atoms with Gasteiger partial charge in [-0.05, 0) is 31.9 Å². The van der Waals surface area contributed by atoms with Gasteiger partial charge in [-0.25, -0.2) is 0 Å². The zero-order chi connectivity index (χ0) is 17.8. The predicted octanol–water partition coefficient (Wildman–Crippen LogP) is 3.10. The Bertz CT molecular complexity index is 811. The minimum absolute atomic E-state index is 0.100. The van der Waals surface area contributed by atoms with Crippen LogP contribution in [-0.2, 0) is 4.79 Å². The second-order valence-corrected chi connectivity index (χ2v) is 7.19. The van der Waals surface area contributed by atoms with E-state index < -0.39 is 0 Å². The van der Waals surface area contributed by atoms with Crippen molar-refractivity contribution in [1.29, 1.82) is 0 Å². The molecule has 0 unspecified atom stereocenters. The van der Waals surface area contributed by atoms with E-state index in [0.29, 0.717) is 5.16 Å². The summed E-state index contributed by atoms with van der Waals surface area (Å²) in [4.78, 5) is 28.5. The zero-order valence-electron chi connectivity index (χ0n) is 14.1. The third kappa shape index (κ3) is 4.42. The van der Waals surface area contributed by atoms with Gasteiger partial charge < -0.3 is 10.4 Å². The van der Waals surface area contributed by atoms with E-state index in [0.717, 1.165) is 43.0 Å². The van der Waals surface area contributed by atoms with Crippen molar-refractivity contribution < 1.29 is 9.90 Å². The first-order valence-electron chi connectivity index (χ1n) is 8.35. The van der Waals surface area contributed by atoms with E-state index in [1.54, 1.807) is 4.57 Å². The number of hydrogen-bond acceptors (Lipinski definition) is 5. The monoisotopic (exact) mass is 359 g/mol. The van der Waals surface area contributed by atoms with Crippen molar-refractivity contribution in [3.05, 3.63) is 46.2 Å². The first kappa shape index (κ1) is 17.5. The molecule has 1 heterocycles. The molecule has 0 saturated heterocycles. The van der Waals surface area contributed by atoms with Gasteiger partial charge in [0.2, 0.25) is 11.8 Å². The van der Waals surface area contributed by atoms with Gasteiger partial charge in [-0.2, -0.15) is 4.98 Å². The number of aromatic hydroxyl groups is 1. The number of benzene rings is 1. The highest BCUT2D eigenvalue weighted by Crippen LogP contribution is 2.31. The van der Waals surface area contributed by atoms with Crippen LogP contribution >= 0.6 is 11.8 Å². The van der Waals surface area contributed by atoms with Gasteiger partial charge in [0.05, 0.1) is 11.8 Å². The fraction of sp³-hybridized carbons (Fsp3) is 0.389. The summed E-state index contributed by atoms with van der Waals surface area (Å²) in [6, 6.07) is 8.78. The summed E-state index contributed by atoms with van der Waals surface area (Å²) in [5, 5.41) is 12.9. The molecular formula is C18H21N3O3S.